The SMILES string of the molecule is CCn1ccnc1/C=N/NC(C)=O. The van der Waals surface area contributed by atoms with E-state index in [1.165, 1.54) is 13.1 Å². The van der Waals surface area contributed by atoms with Crippen LogP contribution in [0.2, 0.25) is 0 Å². The van der Waals surface area contributed by atoms with Crippen LogP contribution in [-0.2, 0) is 11.3 Å². The Balaban J connectivity index is 2.62. The van der Waals surface area contributed by atoms with E-state index in [1.54, 1.807) is 6.20 Å². The molecule has 0 atom stereocenters. The number of nitrogens with one attached hydrogen (secondary N) is 1. The molecule has 0 aromatic carbocycles. The van der Waals surface area contributed by atoms with Gasteiger partial charge in [-0.15, -0.1) is 0 Å². The normalized spacial score (nSPS) is 10.6. The van der Waals surface area contributed by atoms with Gasteiger partial charge in [0.2, 0.25) is 5.91 Å². The fraction of sp³-hybridized carbons (Fsp3) is 0.375. The highest BCUT2D eigenvalue weighted by Crippen LogP contribution is 1.92. The lowest BCUT2D eigenvalue weighted by molar-refractivity contribution is -0.118. The largest absolute Gasteiger partial charge is 0.330 e. The topological polar surface area (TPSA) is 59.3 Å². The zero-order valence-electron chi connectivity index (χ0n) is 7.69. The molecule has 1 aromatic heterocycles. The highest BCUT2D eigenvalue weighted by atomic mass is 16.2. The Kier molecular flexibility index (Phi) is 3.19. The molecule has 1 aromatic rings. The second-order valence-corrected chi connectivity index (χ2v) is 2.50. The van der Waals surface area contributed by atoms with E-state index in [-0.39, 0.29) is 5.91 Å². The van der Waals surface area contributed by atoms with E-state index in [2.05, 4.69) is 15.5 Å². The van der Waals surface area contributed by atoms with E-state index in [1.807, 2.05) is 17.7 Å². The van der Waals surface area contributed by atoms with Gasteiger partial charge in [0.25, 0.3) is 0 Å². The fourth-order valence-electron chi connectivity index (χ4n) is 0.897. The molecule has 0 fully saturated rings. The van der Waals surface area contributed by atoms with Crippen molar-refractivity contribution in [3.8, 4) is 0 Å². The first-order valence-electron chi connectivity index (χ1n) is 4.04. The number of carbonyl (C=O) groups excluding carboxylic acids is 1. The Hall–Kier alpha value is -1.65. The van der Waals surface area contributed by atoms with Crippen molar-refractivity contribution in [1.29, 1.82) is 0 Å². The van der Waals surface area contributed by atoms with Gasteiger partial charge in [-0.05, 0) is 6.92 Å². The van der Waals surface area contributed by atoms with Crippen LogP contribution in [0.25, 0.3) is 0 Å². The second-order valence-electron chi connectivity index (χ2n) is 2.50. The smallest absolute Gasteiger partial charge is 0.236 e. The first kappa shape index (κ1) is 9.44. The van der Waals surface area contributed by atoms with Crippen LogP contribution in [0.15, 0.2) is 17.5 Å². The van der Waals surface area contributed by atoms with Crippen molar-refractivity contribution < 1.29 is 4.79 Å². The van der Waals surface area contributed by atoms with Gasteiger partial charge in [-0.2, -0.15) is 5.10 Å². The van der Waals surface area contributed by atoms with E-state index >= 15 is 0 Å². The summed E-state index contributed by atoms with van der Waals surface area (Å²) in [6.07, 6.45) is 5.07. The Morgan fingerprint density at radius 3 is 3.23 bits per heavy atom. The van der Waals surface area contributed by atoms with Crippen molar-refractivity contribution in [1.82, 2.24) is 15.0 Å². The lowest BCUT2D eigenvalue weighted by Crippen LogP contribution is -2.13. The number of hydrogen-bond acceptors (Lipinski definition) is 3. The molecule has 0 bridgehead atoms. The predicted octanol–water partition coefficient (Wildman–Crippen LogP) is 0.373. The number of imidazole rings is 1. The number of rotatable bonds is 3. The van der Waals surface area contributed by atoms with Crippen molar-refractivity contribution >= 4 is 12.1 Å². The van der Waals surface area contributed by atoms with Gasteiger partial charge in [-0.3, -0.25) is 4.79 Å². The molecular formula is C8H12N4O. The molecule has 5 nitrogen and oxygen atoms in total. The Morgan fingerprint density at radius 1 is 1.85 bits per heavy atom. The average Bonchev–Trinajstić information content (AvgIpc) is 2.51. The van der Waals surface area contributed by atoms with Crippen LogP contribution in [0.5, 0.6) is 0 Å². The third-order valence-corrected chi connectivity index (χ3v) is 1.49. The first-order chi connectivity index (χ1) is 6.24. The molecule has 0 aliphatic rings. The van der Waals surface area contributed by atoms with Crippen molar-refractivity contribution in [2.45, 2.75) is 20.4 Å². The van der Waals surface area contributed by atoms with E-state index in [4.69, 9.17) is 0 Å². The molecule has 1 N–H and O–H groups in total. The Labute approximate surface area is 76.5 Å². The van der Waals surface area contributed by atoms with Gasteiger partial charge < -0.3 is 4.57 Å². The van der Waals surface area contributed by atoms with Gasteiger partial charge in [0, 0.05) is 25.9 Å². The minimum absolute atomic E-state index is 0.189. The summed E-state index contributed by atoms with van der Waals surface area (Å²) >= 11 is 0. The summed E-state index contributed by atoms with van der Waals surface area (Å²) in [5, 5.41) is 3.71. The van der Waals surface area contributed by atoms with Crippen LogP contribution in [0, 0.1) is 0 Å². The molecule has 1 rings (SSSR count). The Bertz CT molecular complexity index is 316. The summed E-state index contributed by atoms with van der Waals surface area (Å²) in [6, 6.07) is 0. The van der Waals surface area contributed by atoms with Crippen molar-refractivity contribution in [3.05, 3.63) is 18.2 Å². The minimum Gasteiger partial charge on any atom is -0.330 e. The number of aromatic nitrogens is 2. The zero-order valence-corrected chi connectivity index (χ0v) is 7.69. The fourth-order valence-corrected chi connectivity index (χ4v) is 0.897. The molecule has 0 radical (unpaired) electrons. The lowest BCUT2D eigenvalue weighted by Gasteiger charge is -1.97. The van der Waals surface area contributed by atoms with Gasteiger partial charge in [-0.25, -0.2) is 10.4 Å². The van der Waals surface area contributed by atoms with Gasteiger partial charge >= 0.3 is 0 Å². The maximum Gasteiger partial charge on any atom is 0.236 e. The van der Waals surface area contributed by atoms with Crippen molar-refractivity contribution in [3.63, 3.8) is 0 Å². The summed E-state index contributed by atoms with van der Waals surface area (Å²) in [6.45, 7) is 4.25. The monoisotopic (exact) mass is 180 g/mol. The quantitative estimate of drug-likeness (QED) is 0.539. The summed E-state index contributed by atoms with van der Waals surface area (Å²) < 4.78 is 1.92. The van der Waals surface area contributed by atoms with Crippen molar-refractivity contribution in [2.75, 3.05) is 0 Å². The number of carbonyl (C=O) groups is 1. The predicted molar refractivity (Wildman–Crippen MR) is 49.3 cm³/mol. The highest BCUT2D eigenvalue weighted by molar-refractivity contribution is 5.78. The zero-order chi connectivity index (χ0) is 9.68. The van der Waals surface area contributed by atoms with Gasteiger partial charge in [-0.1, -0.05) is 0 Å². The molecule has 0 saturated carbocycles. The van der Waals surface area contributed by atoms with E-state index in [0.29, 0.717) is 0 Å². The number of amides is 1. The molecule has 0 saturated heterocycles. The van der Waals surface area contributed by atoms with Crippen LogP contribution < -0.4 is 5.43 Å². The van der Waals surface area contributed by atoms with Crippen LogP contribution in [-0.4, -0.2) is 21.7 Å². The molecular weight excluding hydrogens is 168 g/mol. The molecule has 0 aliphatic heterocycles. The van der Waals surface area contributed by atoms with Crippen LogP contribution in [0.3, 0.4) is 0 Å². The standard InChI is InChI=1S/C8H12N4O/c1-3-12-5-4-9-8(12)6-10-11-7(2)13/h4-6H,3H2,1-2H3,(H,11,13)/b10-6+. The van der Waals surface area contributed by atoms with E-state index in [0.717, 1.165) is 12.4 Å². The molecule has 70 valence electrons. The van der Waals surface area contributed by atoms with Gasteiger partial charge in [0.1, 0.15) is 0 Å². The van der Waals surface area contributed by atoms with Gasteiger partial charge in [0.05, 0.1) is 6.21 Å². The van der Waals surface area contributed by atoms with Crippen molar-refractivity contribution in [2.24, 2.45) is 5.10 Å². The molecule has 0 aliphatic carbocycles. The number of nitrogens with zero attached hydrogens (tertiary/aromatic N) is 3. The third-order valence-electron chi connectivity index (χ3n) is 1.49. The maximum atomic E-state index is 10.5. The maximum absolute atomic E-state index is 10.5. The third kappa shape index (κ3) is 2.70. The van der Waals surface area contributed by atoms with Crippen LogP contribution in [0.4, 0.5) is 0 Å². The summed E-state index contributed by atoms with van der Waals surface area (Å²) in [5.74, 6) is 0.544. The summed E-state index contributed by atoms with van der Waals surface area (Å²) in [7, 11) is 0. The minimum atomic E-state index is -0.189. The number of aryl methyl sites for hydroxylation is 1. The van der Waals surface area contributed by atoms with Gasteiger partial charge in [0.15, 0.2) is 5.82 Å². The summed E-state index contributed by atoms with van der Waals surface area (Å²) in [4.78, 5) is 14.5. The molecule has 13 heavy (non-hydrogen) atoms. The van der Waals surface area contributed by atoms with E-state index in [9.17, 15) is 4.79 Å². The first-order valence-corrected chi connectivity index (χ1v) is 4.04. The Morgan fingerprint density at radius 2 is 2.62 bits per heavy atom. The average molecular weight is 180 g/mol. The molecule has 5 heteroatoms. The van der Waals surface area contributed by atoms with E-state index < -0.39 is 0 Å². The molecule has 0 spiro atoms. The molecule has 1 amide bonds. The molecule has 0 unspecified atom stereocenters. The number of hydrogen-bond donors (Lipinski definition) is 1. The highest BCUT2D eigenvalue weighted by Gasteiger charge is 1.95. The lowest BCUT2D eigenvalue weighted by atomic mass is 10.6. The van der Waals surface area contributed by atoms with Crippen LogP contribution in [0.1, 0.15) is 19.7 Å². The molecule has 1 heterocycles. The number of hydrazone groups is 1. The second kappa shape index (κ2) is 4.39. The van der Waals surface area contributed by atoms with Crippen LogP contribution >= 0.6 is 0 Å². The summed E-state index contributed by atoms with van der Waals surface area (Å²) in [5.41, 5.74) is 2.31.